The number of unbranched alkanes of at least 4 members (excludes halogenated alkanes) is 4. The maximum Gasteiger partial charge on any atom is 0.125 e. The van der Waals surface area contributed by atoms with Gasteiger partial charge in [-0.1, -0.05) is 32.6 Å². The van der Waals surface area contributed by atoms with Crippen LogP contribution in [-0.2, 0) is 0 Å². The van der Waals surface area contributed by atoms with Crippen molar-refractivity contribution in [2.75, 3.05) is 12.3 Å². The lowest BCUT2D eigenvalue weighted by Crippen LogP contribution is -2.06. The smallest absolute Gasteiger partial charge is 0.125 e. The molecule has 0 aromatic heterocycles. The lowest BCUT2D eigenvalue weighted by Gasteiger charge is -2.13. The summed E-state index contributed by atoms with van der Waals surface area (Å²) >= 11 is 0. The lowest BCUT2D eigenvalue weighted by molar-refractivity contribution is 0.240. The highest BCUT2D eigenvalue weighted by atomic mass is 16.5. The first kappa shape index (κ1) is 15.7. The summed E-state index contributed by atoms with van der Waals surface area (Å²) in [6.07, 6.45) is 6.33. The van der Waals surface area contributed by atoms with E-state index >= 15 is 0 Å². The molecule has 0 spiro atoms. The molecule has 0 unspecified atom stereocenters. The maximum absolute atomic E-state index is 5.85. The van der Waals surface area contributed by atoms with Crippen LogP contribution in [0.4, 0.5) is 5.69 Å². The molecule has 0 saturated carbocycles. The fraction of sp³-hybridized carbons (Fsp3) is 0.625. The Balaban J connectivity index is 2.38. The van der Waals surface area contributed by atoms with Gasteiger partial charge in [0.1, 0.15) is 11.5 Å². The van der Waals surface area contributed by atoms with Crippen molar-refractivity contribution < 1.29 is 9.47 Å². The van der Waals surface area contributed by atoms with Crippen molar-refractivity contribution in [2.45, 2.75) is 59.0 Å². The molecule has 0 bridgehead atoms. The van der Waals surface area contributed by atoms with Gasteiger partial charge in [-0.15, -0.1) is 0 Å². The maximum atomic E-state index is 5.85. The predicted octanol–water partition coefficient (Wildman–Crippen LogP) is 4.41. The molecule has 0 saturated heterocycles. The van der Waals surface area contributed by atoms with Crippen molar-refractivity contribution in [1.82, 2.24) is 0 Å². The van der Waals surface area contributed by atoms with Crippen LogP contribution in [0.2, 0.25) is 0 Å². The van der Waals surface area contributed by atoms with Crippen molar-refractivity contribution in [3.05, 3.63) is 18.2 Å². The first-order valence-corrected chi connectivity index (χ1v) is 7.32. The molecule has 1 aromatic carbocycles. The van der Waals surface area contributed by atoms with Gasteiger partial charge in [0.05, 0.1) is 12.7 Å². The average Bonchev–Trinajstić information content (AvgIpc) is 2.32. The molecule has 0 fully saturated rings. The zero-order valence-corrected chi connectivity index (χ0v) is 12.4. The van der Waals surface area contributed by atoms with E-state index in [4.69, 9.17) is 15.2 Å². The summed E-state index contributed by atoms with van der Waals surface area (Å²) in [5.74, 6) is 1.57. The van der Waals surface area contributed by atoms with Gasteiger partial charge in [0, 0.05) is 23.9 Å². The standard InChI is InChI=1S/C16H27NO2/c1-4-5-6-7-8-9-18-15-10-14(17)11-16(12-15)19-13(2)3/h10-13H,4-9,17H2,1-3H3. The van der Waals surface area contributed by atoms with E-state index in [2.05, 4.69) is 6.92 Å². The summed E-state index contributed by atoms with van der Waals surface area (Å²) in [7, 11) is 0. The van der Waals surface area contributed by atoms with Crippen LogP contribution in [0, 0.1) is 0 Å². The minimum Gasteiger partial charge on any atom is -0.493 e. The third kappa shape index (κ3) is 6.94. The van der Waals surface area contributed by atoms with Gasteiger partial charge in [-0.2, -0.15) is 0 Å². The Hall–Kier alpha value is -1.38. The van der Waals surface area contributed by atoms with Gasteiger partial charge >= 0.3 is 0 Å². The number of benzene rings is 1. The largest absolute Gasteiger partial charge is 0.493 e. The number of rotatable bonds is 9. The van der Waals surface area contributed by atoms with E-state index in [9.17, 15) is 0 Å². The number of ether oxygens (including phenoxy) is 2. The van der Waals surface area contributed by atoms with Gasteiger partial charge in [-0.05, 0) is 20.3 Å². The zero-order valence-electron chi connectivity index (χ0n) is 12.4. The summed E-state index contributed by atoms with van der Waals surface area (Å²) < 4.78 is 11.4. The van der Waals surface area contributed by atoms with Gasteiger partial charge in [0.15, 0.2) is 0 Å². The molecule has 19 heavy (non-hydrogen) atoms. The molecule has 0 aliphatic carbocycles. The molecule has 2 N–H and O–H groups in total. The fourth-order valence-electron chi connectivity index (χ4n) is 1.91. The highest BCUT2D eigenvalue weighted by molar-refractivity contribution is 5.50. The SMILES string of the molecule is CCCCCCCOc1cc(N)cc(OC(C)C)c1. The van der Waals surface area contributed by atoms with Gasteiger partial charge in [-0.25, -0.2) is 0 Å². The van der Waals surface area contributed by atoms with Crippen LogP contribution in [0.1, 0.15) is 52.9 Å². The van der Waals surface area contributed by atoms with E-state index in [0.29, 0.717) is 5.69 Å². The molecule has 108 valence electrons. The highest BCUT2D eigenvalue weighted by Crippen LogP contribution is 2.25. The summed E-state index contributed by atoms with van der Waals surface area (Å²) in [4.78, 5) is 0. The first-order valence-electron chi connectivity index (χ1n) is 7.32. The monoisotopic (exact) mass is 265 g/mol. The topological polar surface area (TPSA) is 44.5 Å². The molecular formula is C16H27NO2. The van der Waals surface area contributed by atoms with Gasteiger partial charge < -0.3 is 15.2 Å². The predicted molar refractivity (Wildman–Crippen MR) is 80.9 cm³/mol. The molecule has 0 heterocycles. The molecular weight excluding hydrogens is 238 g/mol. The van der Waals surface area contributed by atoms with Gasteiger partial charge in [0.25, 0.3) is 0 Å². The number of hydrogen-bond donors (Lipinski definition) is 1. The molecule has 0 aliphatic rings. The molecule has 3 nitrogen and oxygen atoms in total. The van der Waals surface area contributed by atoms with Crippen molar-refractivity contribution in [1.29, 1.82) is 0 Å². The van der Waals surface area contributed by atoms with E-state index in [-0.39, 0.29) is 6.10 Å². The number of hydrogen-bond acceptors (Lipinski definition) is 3. The molecule has 0 atom stereocenters. The quantitative estimate of drug-likeness (QED) is 0.531. The highest BCUT2D eigenvalue weighted by Gasteiger charge is 2.03. The van der Waals surface area contributed by atoms with Crippen molar-refractivity contribution in [3.8, 4) is 11.5 Å². The van der Waals surface area contributed by atoms with E-state index in [1.807, 2.05) is 32.0 Å². The third-order valence-corrected chi connectivity index (χ3v) is 2.79. The van der Waals surface area contributed by atoms with Crippen LogP contribution in [0.25, 0.3) is 0 Å². The first-order chi connectivity index (χ1) is 9.11. The van der Waals surface area contributed by atoms with Crippen LogP contribution in [-0.4, -0.2) is 12.7 Å². The molecule has 0 radical (unpaired) electrons. The third-order valence-electron chi connectivity index (χ3n) is 2.79. The van der Waals surface area contributed by atoms with Crippen LogP contribution in [0.3, 0.4) is 0 Å². The van der Waals surface area contributed by atoms with E-state index in [0.717, 1.165) is 24.5 Å². The van der Waals surface area contributed by atoms with Crippen LogP contribution < -0.4 is 15.2 Å². The Morgan fingerprint density at radius 2 is 1.68 bits per heavy atom. The Morgan fingerprint density at radius 3 is 2.37 bits per heavy atom. The zero-order chi connectivity index (χ0) is 14.1. The minimum atomic E-state index is 0.142. The Kier molecular flexibility index (Phi) is 7.16. The number of nitrogens with two attached hydrogens (primary N) is 1. The van der Waals surface area contributed by atoms with Crippen molar-refractivity contribution in [2.24, 2.45) is 0 Å². The van der Waals surface area contributed by atoms with Crippen molar-refractivity contribution >= 4 is 5.69 Å². The Labute approximate surface area is 117 Å². The Bertz CT molecular complexity index is 364. The number of anilines is 1. The Morgan fingerprint density at radius 1 is 1.00 bits per heavy atom. The summed E-state index contributed by atoms with van der Waals surface area (Å²) in [5.41, 5.74) is 6.52. The molecule has 0 aliphatic heterocycles. The lowest BCUT2D eigenvalue weighted by atomic mass is 10.2. The molecule has 0 amide bonds. The second kappa shape index (κ2) is 8.68. The number of nitrogen functional groups attached to an aromatic ring is 1. The second-order valence-electron chi connectivity index (χ2n) is 5.17. The summed E-state index contributed by atoms with van der Waals surface area (Å²) in [6.45, 7) is 6.96. The van der Waals surface area contributed by atoms with Crippen LogP contribution in [0.5, 0.6) is 11.5 Å². The van der Waals surface area contributed by atoms with Gasteiger partial charge in [-0.3, -0.25) is 0 Å². The van der Waals surface area contributed by atoms with E-state index in [1.54, 1.807) is 0 Å². The average molecular weight is 265 g/mol. The van der Waals surface area contributed by atoms with Crippen LogP contribution >= 0.6 is 0 Å². The molecule has 1 aromatic rings. The van der Waals surface area contributed by atoms with Crippen molar-refractivity contribution in [3.63, 3.8) is 0 Å². The summed E-state index contributed by atoms with van der Waals surface area (Å²) in [6, 6.07) is 5.58. The second-order valence-corrected chi connectivity index (χ2v) is 5.17. The molecule has 3 heteroatoms. The normalized spacial score (nSPS) is 10.7. The van der Waals surface area contributed by atoms with Gasteiger partial charge in [0.2, 0.25) is 0 Å². The molecule has 1 rings (SSSR count). The van der Waals surface area contributed by atoms with E-state index in [1.165, 1.54) is 25.7 Å². The fourth-order valence-corrected chi connectivity index (χ4v) is 1.91. The van der Waals surface area contributed by atoms with E-state index < -0.39 is 0 Å². The summed E-state index contributed by atoms with van der Waals surface area (Å²) in [5, 5.41) is 0. The van der Waals surface area contributed by atoms with Crippen LogP contribution in [0.15, 0.2) is 18.2 Å². The minimum absolute atomic E-state index is 0.142.